The average molecular weight is 202 g/mol. The van der Waals surface area contributed by atoms with E-state index in [-0.39, 0.29) is 0 Å². The summed E-state index contributed by atoms with van der Waals surface area (Å²) in [5.41, 5.74) is 0. The van der Waals surface area contributed by atoms with Crippen LogP contribution in [0, 0.1) is 0 Å². The fraction of sp³-hybridized carbons (Fsp3) is 1.00. The van der Waals surface area contributed by atoms with Gasteiger partial charge in [-0.25, -0.2) is 0 Å². The summed E-state index contributed by atoms with van der Waals surface area (Å²) in [6.45, 7) is 6.46. The van der Waals surface area contributed by atoms with Crippen LogP contribution in [0.3, 0.4) is 0 Å². The van der Waals surface area contributed by atoms with Crippen LogP contribution in [-0.4, -0.2) is 51.3 Å². The SMILES string of the molecule is CCC(NC)C(C)N(C)CCCOC. The molecule has 0 saturated carbocycles. The van der Waals surface area contributed by atoms with Gasteiger partial charge < -0.3 is 15.0 Å². The third kappa shape index (κ3) is 4.94. The van der Waals surface area contributed by atoms with Crippen molar-refractivity contribution < 1.29 is 4.74 Å². The van der Waals surface area contributed by atoms with Crippen LogP contribution < -0.4 is 5.32 Å². The van der Waals surface area contributed by atoms with E-state index in [2.05, 4.69) is 31.1 Å². The van der Waals surface area contributed by atoms with Gasteiger partial charge in [0.05, 0.1) is 0 Å². The minimum absolute atomic E-state index is 0.585. The summed E-state index contributed by atoms with van der Waals surface area (Å²) in [5.74, 6) is 0. The van der Waals surface area contributed by atoms with Gasteiger partial charge in [0.25, 0.3) is 0 Å². The molecule has 0 aliphatic rings. The third-order valence-electron chi connectivity index (χ3n) is 2.95. The van der Waals surface area contributed by atoms with Crippen molar-refractivity contribution in [3.05, 3.63) is 0 Å². The molecule has 0 aliphatic heterocycles. The molecule has 1 N–H and O–H groups in total. The van der Waals surface area contributed by atoms with Gasteiger partial charge in [-0.15, -0.1) is 0 Å². The molecular weight excluding hydrogens is 176 g/mol. The molecule has 0 spiro atoms. The zero-order valence-corrected chi connectivity index (χ0v) is 10.3. The molecule has 3 heteroatoms. The number of ether oxygens (including phenoxy) is 1. The molecule has 2 atom stereocenters. The van der Waals surface area contributed by atoms with Gasteiger partial charge in [-0.3, -0.25) is 0 Å². The van der Waals surface area contributed by atoms with Crippen molar-refractivity contribution >= 4 is 0 Å². The maximum absolute atomic E-state index is 5.04. The summed E-state index contributed by atoms with van der Waals surface area (Å²) in [4.78, 5) is 2.39. The highest BCUT2D eigenvalue weighted by molar-refractivity contribution is 4.77. The van der Waals surface area contributed by atoms with E-state index < -0.39 is 0 Å². The minimum Gasteiger partial charge on any atom is -0.385 e. The molecule has 86 valence electrons. The predicted molar refractivity (Wildman–Crippen MR) is 61.7 cm³/mol. The Bertz CT molecular complexity index is 126. The van der Waals surface area contributed by atoms with Crippen LogP contribution in [0.2, 0.25) is 0 Å². The summed E-state index contributed by atoms with van der Waals surface area (Å²) in [6.07, 6.45) is 2.28. The van der Waals surface area contributed by atoms with E-state index in [1.165, 1.54) is 6.42 Å². The predicted octanol–water partition coefficient (Wildman–Crippen LogP) is 1.34. The first-order chi connectivity index (χ1) is 6.67. The Kier molecular flexibility index (Phi) is 8.14. The highest BCUT2D eigenvalue weighted by Gasteiger charge is 2.16. The minimum atomic E-state index is 0.585. The summed E-state index contributed by atoms with van der Waals surface area (Å²) >= 11 is 0. The molecule has 0 saturated heterocycles. The summed E-state index contributed by atoms with van der Waals surface area (Å²) in [5, 5.41) is 3.35. The second kappa shape index (κ2) is 8.21. The third-order valence-corrected chi connectivity index (χ3v) is 2.95. The summed E-state index contributed by atoms with van der Waals surface area (Å²) < 4.78 is 5.04. The first-order valence-electron chi connectivity index (χ1n) is 5.53. The zero-order chi connectivity index (χ0) is 11.0. The standard InChI is InChI=1S/C11H26N2O/c1-6-11(12-3)10(2)13(4)8-7-9-14-5/h10-12H,6-9H2,1-5H3. The number of rotatable bonds is 8. The molecule has 0 amide bonds. The molecule has 2 unspecified atom stereocenters. The van der Waals surface area contributed by atoms with E-state index in [4.69, 9.17) is 4.74 Å². The Morgan fingerprint density at radius 2 is 2.07 bits per heavy atom. The Morgan fingerprint density at radius 3 is 2.50 bits per heavy atom. The Hall–Kier alpha value is -0.120. The number of methoxy groups -OCH3 is 1. The van der Waals surface area contributed by atoms with Crippen LogP contribution in [0.25, 0.3) is 0 Å². The molecule has 0 radical (unpaired) electrons. The van der Waals surface area contributed by atoms with Gasteiger partial charge in [0.1, 0.15) is 0 Å². The van der Waals surface area contributed by atoms with Gasteiger partial charge in [-0.2, -0.15) is 0 Å². The fourth-order valence-electron chi connectivity index (χ4n) is 1.76. The molecule has 0 aliphatic carbocycles. The van der Waals surface area contributed by atoms with E-state index in [0.717, 1.165) is 19.6 Å². The average Bonchev–Trinajstić information content (AvgIpc) is 2.19. The molecule has 0 aromatic heterocycles. The molecule has 0 bridgehead atoms. The lowest BCUT2D eigenvalue weighted by Gasteiger charge is -2.31. The van der Waals surface area contributed by atoms with Crippen LogP contribution in [-0.2, 0) is 4.74 Å². The van der Waals surface area contributed by atoms with Gasteiger partial charge >= 0.3 is 0 Å². The summed E-state index contributed by atoms with van der Waals surface area (Å²) in [6, 6.07) is 1.17. The molecule has 14 heavy (non-hydrogen) atoms. The number of nitrogens with one attached hydrogen (secondary N) is 1. The van der Waals surface area contributed by atoms with Gasteiger partial charge in [0, 0.05) is 32.3 Å². The molecule has 0 rings (SSSR count). The van der Waals surface area contributed by atoms with Gasteiger partial charge in [-0.1, -0.05) is 6.92 Å². The van der Waals surface area contributed by atoms with Crippen molar-refractivity contribution in [3.63, 3.8) is 0 Å². The highest BCUT2D eigenvalue weighted by Crippen LogP contribution is 2.05. The molecular formula is C11H26N2O. The van der Waals surface area contributed by atoms with Gasteiger partial charge in [0.2, 0.25) is 0 Å². The number of nitrogens with zero attached hydrogens (tertiary/aromatic N) is 1. The van der Waals surface area contributed by atoms with Crippen LogP contribution >= 0.6 is 0 Å². The molecule has 0 aromatic carbocycles. The molecule has 0 heterocycles. The van der Waals surface area contributed by atoms with Crippen LogP contribution in [0.1, 0.15) is 26.7 Å². The normalized spacial score (nSPS) is 15.9. The van der Waals surface area contributed by atoms with Crippen molar-refractivity contribution in [1.29, 1.82) is 0 Å². The lowest BCUT2D eigenvalue weighted by Crippen LogP contribution is -2.45. The van der Waals surface area contributed by atoms with E-state index in [0.29, 0.717) is 12.1 Å². The molecule has 0 aromatic rings. The quantitative estimate of drug-likeness (QED) is 0.601. The zero-order valence-electron chi connectivity index (χ0n) is 10.3. The molecule has 0 fully saturated rings. The van der Waals surface area contributed by atoms with E-state index in [9.17, 15) is 0 Å². The summed E-state index contributed by atoms with van der Waals surface area (Å²) in [7, 11) is 5.97. The van der Waals surface area contributed by atoms with Crippen molar-refractivity contribution in [2.75, 3.05) is 34.4 Å². The van der Waals surface area contributed by atoms with Crippen molar-refractivity contribution in [3.8, 4) is 0 Å². The maximum Gasteiger partial charge on any atom is 0.0474 e. The lowest BCUT2D eigenvalue weighted by molar-refractivity contribution is 0.156. The smallest absolute Gasteiger partial charge is 0.0474 e. The lowest BCUT2D eigenvalue weighted by atomic mass is 10.1. The second-order valence-electron chi connectivity index (χ2n) is 3.87. The highest BCUT2D eigenvalue weighted by atomic mass is 16.5. The Labute approximate surface area is 88.8 Å². The van der Waals surface area contributed by atoms with E-state index >= 15 is 0 Å². The van der Waals surface area contributed by atoms with Gasteiger partial charge in [-0.05, 0) is 33.9 Å². The number of hydrogen-bond acceptors (Lipinski definition) is 3. The maximum atomic E-state index is 5.04. The molecule has 3 nitrogen and oxygen atoms in total. The largest absolute Gasteiger partial charge is 0.385 e. The van der Waals surface area contributed by atoms with Crippen LogP contribution in [0.4, 0.5) is 0 Å². The van der Waals surface area contributed by atoms with E-state index in [1.807, 2.05) is 7.05 Å². The van der Waals surface area contributed by atoms with Crippen molar-refractivity contribution in [1.82, 2.24) is 10.2 Å². The topological polar surface area (TPSA) is 24.5 Å². The number of hydrogen-bond donors (Lipinski definition) is 1. The Balaban J connectivity index is 3.78. The Morgan fingerprint density at radius 1 is 1.43 bits per heavy atom. The van der Waals surface area contributed by atoms with Crippen LogP contribution in [0.5, 0.6) is 0 Å². The second-order valence-corrected chi connectivity index (χ2v) is 3.87. The van der Waals surface area contributed by atoms with E-state index in [1.54, 1.807) is 7.11 Å². The first-order valence-corrected chi connectivity index (χ1v) is 5.53. The van der Waals surface area contributed by atoms with Gasteiger partial charge in [0.15, 0.2) is 0 Å². The van der Waals surface area contributed by atoms with Crippen molar-refractivity contribution in [2.24, 2.45) is 0 Å². The van der Waals surface area contributed by atoms with Crippen molar-refractivity contribution in [2.45, 2.75) is 38.8 Å². The van der Waals surface area contributed by atoms with Crippen LogP contribution in [0.15, 0.2) is 0 Å². The monoisotopic (exact) mass is 202 g/mol. The fourth-order valence-corrected chi connectivity index (χ4v) is 1.76. The number of likely N-dealkylation sites (N-methyl/N-ethyl adjacent to an activating group) is 2. The first kappa shape index (κ1) is 13.9.